The van der Waals surface area contributed by atoms with E-state index in [0.717, 1.165) is 12.1 Å². The molecule has 1 atom stereocenters. The summed E-state index contributed by atoms with van der Waals surface area (Å²) in [5.41, 5.74) is 6.36. The quantitative estimate of drug-likeness (QED) is 0.703. The van der Waals surface area contributed by atoms with Crippen molar-refractivity contribution in [2.45, 2.75) is 18.9 Å². The van der Waals surface area contributed by atoms with E-state index in [1.54, 1.807) is 29.2 Å². The first-order valence-corrected chi connectivity index (χ1v) is 8.83. The monoisotopic (exact) mass is 374 g/mol. The van der Waals surface area contributed by atoms with Gasteiger partial charge < -0.3 is 25.6 Å². The predicted octanol–water partition coefficient (Wildman–Crippen LogP) is -0.744. The number of hydrogen-bond acceptors (Lipinski definition) is 5. The molecule has 2 aliphatic heterocycles. The van der Waals surface area contributed by atoms with Crippen LogP contribution in [0.5, 0.6) is 0 Å². The minimum atomic E-state index is -0.820. The van der Waals surface area contributed by atoms with Gasteiger partial charge in [-0.15, -0.1) is 0 Å². The maximum atomic E-state index is 12.2. The largest absolute Gasteiger partial charge is 0.367 e. The number of morpholine rings is 1. The van der Waals surface area contributed by atoms with E-state index in [0.29, 0.717) is 25.1 Å². The summed E-state index contributed by atoms with van der Waals surface area (Å²) in [4.78, 5) is 50.5. The Balaban J connectivity index is 1.52. The standard InChI is InChI=1S/C18H22N4O5/c19-17(25)14-11-21(8-9-27-14)16(24)10-20-18(26)12-3-5-13(6-4-12)22-7-1-2-15(22)23/h3-6,14H,1-2,7-11H2,(H2,19,25)(H,20,26). The molecule has 144 valence electrons. The van der Waals surface area contributed by atoms with Crippen LogP contribution in [0, 0.1) is 0 Å². The molecule has 1 aromatic carbocycles. The molecule has 9 nitrogen and oxygen atoms in total. The number of rotatable bonds is 5. The number of nitrogens with two attached hydrogens (primary N) is 1. The van der Waals surface area contributed by atoms with Crippen LogP contribution in [-0.4, -0.2) is 67.4 Å². The molecule has 2 fully saturated rings. The summed E-state index contributed by atoms with van der Waals surface area (Å²) in [5.74, 6) is -1.23. The van der Waals surface area contributed by atoms with Crippen molar-refractivity contribution in [1.82, 2.24) is 10.2 Å². The van der Waals surface area contributed by atoms with E-state index in [2.05, 4.69) is 5.32 Å². The van der Waals surface area contributed by atoms with Crippen molar-refractivity contribution in [1.29, 1.82) is 0 Å². The first-order valence-electron chi connectivity index (χ1n) is 8.83. The Morgan fingerprint density at radius 3 is 2.56 bits per heavy atom. The Morgan fingerprint density at radius 1 is 1.19 bits per heavy atom. The van der Waals surface area contributed by atoms with Gasteiger partial charge in [-0.25, -0.2) is 0 Å². The second-order valence-electron chi connectivity index (χ2n) is 6.48. The van der Waals surface area contributed by atoms with E-state index in [9.17, 15) is 19.2 Å². The number of carbonyl (C=O) groups is 4. The highest BCUT2D eigenvalue weighted by molar-refractivity contribution is 5.98. The number of hydrogen-bond donors (Lipinski definition) is 2. The Hall–Kier alpha value is -2.94. The van der Waals surface area contributed by atoms with Crippen LogP contribution >= 0.6 is 0 Å². The lowest BCUT2D eigenvalue weighted by Gasteiger charge is -2.31. The van der Waals surface area contributed by atoms with E-state index in [1.165, 1.54) is 4.90 Å². The van der Waals surface area contributed by atoms with Gasteiger partial charge in [0, 0.05) is 30.8 Å². The lowest BCUT2D eigenvalue weighted by Crippen LogP contribution is -2.52. The fourth-order valence-electron chi connectivity index (χ4n) is 3.13. The van der Waals surface area contributed by atoms with Gasteiger partial charge in [-0.3, -0.25) is 19.2 Å². The summed E-state index contributed by atoms with van der Waals surface area (Å²) >= 11 is 0. The zero-order valence-corrected chi connectivity index (χ0v) is 14.8. The molecule has 0 aromatic heterocycles. The topological polar surface area (TPSA) is 122 Å². The average molecular weight is 374 g/mol. The summed E-state index contributed by atoms with van der Waals surface area (Å²) < 4.78 is 5.19. The molecule has 3 N–H and O–H groups in total. The van der Waals surface area contributed by atoms with Gasteiger partial charge in [0.15, 0.2) is 6.10 Å². The number of nitrogens with zero attached hydrogens (tertiary/aromatic N) is 2. The van der Waals surface area contributed by atoms with Crippen LogP contribution in [0.2, 0.25) is 0 Å². The molecular formula is C18H22N4O5. The third-order valence-electron chi connectivity index (χ3n) is 4.65. The Morgan fingerprint density at radius 2 is 1.93 bits per heavy atom. The maximum Gasteiger partial charge on any atom is 0.251 e. The van der Waals surface area contributed by atoms with E-state index in [1.807, 2.05) is 0 Å². The molecule has 3 rings (SSSR count). The first kappa shape index (κ1) is 18.8. The lowest BCUT2D eigenvalue weighted by atomic mass is 10.2. The molecule has 0 aliphatic carbocycles. The number of carbonyl (C=O) groups excluding carboxylic acids is 4. The van der Waals surface area contributed by atoms with E-state index in [-0.39, 0.29) is 37.4 Å². The van der Waals surface area contributed by atoms with Gasteiger partial charge in [0.1, 0.15) is 0 Å². The van der Waals surface area contributed by atoms with Crippen molar-refractivity contribution in [2.24, 2.45) is 5.73 Å². The number of anilines is 1. The zero-order chi connectivity index (χ0) is 19.4. The number of ether oxygens (including phenoxy) is 1. The number of nitrogens with one attached hydrogen (secondary N) is 1. The molecule has 0 bridgehead atoms. The van der Waals surface area contributed by atoms with Crippen LogP contribution in [-0.2, 0) is 19.1 Å². The summed E-state index contributed by atoms with van der Waals surface area (Å²) in [6.45, 7) is 1.16. The molecule has 1 unspecified atom stereocenters. The number of benzene rings is 1. The van der Waals surface area contributed by atoms with Crippen molar-refractivity contribution in [3.63, 3.8) is 0 Å². The van der Waals surface area contributed by atoms with Gasteiger partial charge in [-0.2, -0.15) is 0 Å². The molecule has 2 heterocycles. The molecular weight excluding hydrogens is 352 g/mol. The lowest BCUT2D eigenvalue weighted by molar-refractivity contribution is -0.144. The molecule has 27 heavy (non-hydrogen) atoms. The Labute approximate surface area is 156 Å². The highest BCUT2D eigenvalue weighted by Gasteiger charge is 2.28. The molecule has 0 saturated carbocycles. The van der Waals surface area contributed by atoms with E-state index < -0.39 is 12.0 Å². The van der Waals surface area contributed by atoms with Crippen LogP contribution in [0.4, 0.5) is 5.69 Å². The summed E-state index contributed by atoms with van der Waals surface area (Å²) in [6, 6.07) is 6.69. The minimum Gasteiger partial charge on any atom is -0.367 e. The fourth-order valence-corrected chi connectivity index (χ4v) is 3.13. The first-order chi connectivity index (χ1) is 13.0. The third-order valence-corrected chi connectivity index (χ3v) is 4.65. The van der Waals surface area contributed by atoms with Gasteiger partial charge >= 0.3 is 0 Å². The Bertz CT molecular complexity index is 749. The van der Waals surface area contributed by atoms with Crippen LogP contribution < -0.4 is 16.0 Å². The summed E-state index contributed by atoms with van der Waals surface area (Å²) in [5, 5.41) is 2.57. The molecule has 1 aromatic rings. The van der Waals surface area contributed by atoms with Gasteiger partial charge in [0.2, 0.25) is 17.7 Å². The van der Waals surface area contributed by atoms with Crippen molar-refractivity contribution in [3.05, 3.63) is 29.8 Å². The van der Waals surface area contributed by atoms with Crippen molar-refractivity contribution in [2.75, 3.05) is 37.7 Å². The van der Waals surface area contributed by atoms with Gasteiger partial charge in [-0.1, -0.05) is 0 Å². The van der Waals surface area contributed by atoms with Crippen molar-refractivity contribution in [3.8, 4) is 0 Å². The second-order valence-corrected chi connectivity index (χ2v) is 6.48. The molecule has 0 radical (unpaired) electrons. The second kappa shape index (κ2) is 8.17. The molecule has 2 aliphatic rings. The highest BCUT2D eigenvalue weighted by Crippen LogP contribution is 2.21. The van der Waals surface area contributed by atoms with E-state index in [4.69, 9.17) is 10.5 Å². The van der Waals surface area contributed by atoms with Crippen molar-refractivity contribution >= 4 is 29.3 Å². The summed E-state index contributed by atoms with van der Waals surface area (Å²) in [6.07, 6.45) is 0.559. The predicted molar refractivity (Wildman–Crippen MR) is 95.9 cm³/mol. The van der Waals surface area contributed by atoms with E-state index >= 15 is 0 Å². The minimum absolute atomic E-state index is 0.0811. The number of primary amides is 1. The SMILES string of the molecule is NC(=O)C1CN(C(=O)CNC(=O)c2ccc(N3CCCC3=O)cc2)CCO1. The van der Waals surface area contributed by atoms with Crippen LogP contribution in [0.15, 0.2) is 24.3 Å². The van der Waals surface area contributed by atoms with Crippen molar-refractivity contribution < 1.29 is 23.9 Å². The highest BCUT2D eigenvalue weighted by atomic mass is 16.5. The average Bonchev–Trinajstić information content (AvgIpc) is 3.12. The molecule has 4 amide bonds. The normalized spacial score (nSPS) is 19.9. The van der Waals surface area contributed by atoms with Crippen LogP contribution in [0.3, 0.4) is 0 Å². The summed E-state index contributed by atoms with van der Waals surface area (Å²) in [7, 11) is 0. The van der Waals surface area contributed by atoms with Gasteiger partial charge in [-0.05, 0) is 30.7 Å². The van der Waals surface area contributed by atoms with Crippen LogP contribution in [0.25, 0.3) is 0 Å². The van der Waals surface area contributed by atoms with Gasteiger partial charge in [0.25, 0.3) is 5.91 Å². The Kier molecular flexibility index (Phi) is 5.70. The smallest absolute Gasteiger partial charge is 0.251 e. The molecule has 9 heteroatoms. The fraction of sp³-hybridized carbons (Fsp3) is 0.444. The zero-order valence-electron chi connectivity index (χ0n) is 14.8. The maximum absolute atomic E-state index is 12.2. The number of amides is 4. The van der Waals surface area contributed by atoms with Crippen LogP contribution in [0.1, 0.15) is 23.2 Å². The molecule has 0 spiro atoms. The molecule has 2 saturated heterocycles. The third kappa shape index (κ3) is 4.43. The van der Waals surface area contributed by atoms with Gasteiger partial charge in [0.05, 0.1) is 19.7 Å².